The first-order valence-corrected chi connectivity index (χ1v) is 10.4. The number of piperazine rings is 1. The maximum atomic E-state index is 4.31. The number of aromatic nitrogens is 1. The second-order valence-electron chi connectivity index (χ2n) is 7.30. The molecule has 1 aromatic carbocycles. The number of hydrogen-bond acceptors (Lipinski definition) is 3. The molecule has 6 heteroatoms. The van der Waals surface area contributed by atoms with Gasteiger partial charge in [0.1, 0.15) is 0 Å². The smallest absolute Gasteiger partial charge is 0.191 e. The van der Waals surface area contributed by atoms with Crippen LogP contribution in [0.4, 0.5) is 0 Å². The summed E-state index contributed by atoms with van der Waals surface area (Å²) < 4.78 is 2.16. The number of guanidine groups is 1. The van der Waals surface area contributed by atoms with Gasteiger partial charge in [-0.15, -0.1) is 0 Å². The van der Waals surface area contributed by atoms with Crippen molar-refractivity contribution in [3.8, 4) is 0 Å². The van der Waals surface area contributed by atoms with Crippen molar-refractivity contribution in [3.63, 3.8) is 0 Å². The van der Waals surface area contributed by atoms with Gasteiger partial charge in [-0.05, 0) is 30.7 Å². The molecule has 0 amide bonds. The number of rotatable bonds is 9. The fourth-order valence-corrected chi connectivity index (χ4v) is 3.57. The van der Waals surface area contributed by atoms with Gasteiger partial charge in [-0.1, -0.05) is 30.3 Å². The number of aliphatic imine (C=N–C) groups is 1. The van der Waals surface area contributed by atoms with Crippen LogP contribution in [0.5, 0.6) is 0 Å². The van der Waals surface area contributed by atoms with Gasteiger partial charge in [-0.2, -0.15) is 0 Å². The van der Waals surface area contributed by atoms with Gasteiger partial charge >= 0.3 is 0 Å². The van der Waals surface area contributed by atoms with Crippen LogP contribution < -0.4 is 10.6 Å². The van der Waals surface area contributed by atoms with Crippen LogP contribution in [-0.4, -0.2) is 73.2 Å². The van der Waals surface area contributed by atoms with Crippen LogP contribution in [0.1, 0.15) is 12.0 Å². The predicted octanol–water partition coefficient (Wildman–Crippen LogP) is 1.86. The molecule has 0 unspecified atom stereocenters. The fraction of sp³-hybridized carbons (Fsp3) is 0.500. The number of benzene rings is 1. The van der Waals surface area contributed by atoms with Gasteiger partial charge in [0.25, 0.3) is 0 Å². The van der Waals surface area contributed by atoms with Crippen molar-refractivity contribution in [2.75, 3.05) is 52.9 Å². The molecule has 0 atom stereocenters. The summed E-state index contributed by atoms with van der Waals surface area (Å²) in [7, 11) is 1.83. The van der Waals surface area contributed by atoms with Crippen molar-refractivity contribution >= 4 is 5.96 Å². The molecule has 28 heavy (non-hydrogen) atoms. The highest BCUT2D eigenvalue weighted by molar-refractivity contribution is 5.79. The van der Waals surface area contributed by atoms with E-state index in [4.69, 9.17) is 0 Å². The molecule has 0 aliphatic carbocycles. The Bertz CT molecular complexity index is 674. The second-order valence-corrected chi connectivity index (χ2v) is 7.30. The van der Waals surface area contributed by atoms with Crippen molar-refractivity contribution in [2.45, 2.75) is 19.5 Å². The minimum Gasteiger partial charge on any atom is -0.356 e. The molecule has 1 aliphatic rings. The summed E-state index contributed by atoms with van der Waals surface area (Å²) in [6, 6.07) is 14.9. The lowest BCUT2D eigenvalue weighted by molar-refractivity contribution is 0.126. The molecule has 6 nitrogen and oxygen atoms in total. The topological polar surface area (TPSA) is 47.8 Å². The standard InChI is InChI=1S/C22H34N6/c1-23-22(25-11-15-26-12-5-6-13-26)24-10-7-14-27-16-18-28(19-17-27)20-21-8-3-2-4-9-21/h2-6,8-9,12-13H,7,10-11,14-20H2,1H3,(H2,23,24,25). The molecule has 1 saturated heterocycles. The van der Waals surface area contributed by atoms with Gasteiger partial charge in [0.15, 0.2) is 5.96 Å². The third-order valence-electron chi connectivity index (χ3n) is 5.21. The predicted molar refractivity (Wildman–Crippen MR) is 117 cm³/mol. The van der Waals surface area contributed by atoms with Crippen LogP contribution in [0.2, 0.25) is 0 Å². The quantitative estimate of drug-likeness (QED) is 0.395. The molecule has 3 rings (SSSR count). The van der Waals surface area contributed by atoms with E-state index in [0.29, 0.717) is 0 Å². The third kappa shape index (κ3) is 7.02. The zero-order chi connectivity index (χ0) is 19.4. The van der Waals surface area contributed by atoms with Gasteiger partial charge in [0.2, 0.25) is 0 Å². The highest BCUT2D eigenvalue weighted by Crippen LogP contribution is 2.08. The van der Waals surface area contributed by atoms with Crippen molar-refractivity contribution in [1.82, 2.24) is 25.0 Å². The summed E-state index contributed by atoms with van der Waals surface area (Å²) >= 11 is 0. The molecule has 0 spiro atoms. The van der Waals surface area contributed by atoms with Crippen molar-refractivity contribution < 1.29 is 0 Å². The van der Waals surface area contributed by atoms with Crippen molar-refractivity contribution in [3.05, 3.63) is 60.4 Å². The van der Waals surface area contributed by atoms with E-state index >= 15 is 0 Å². The molecule has 2 aromatic rings. The van der Waals surface area contributed by atoms with Crippen LogP contribution in [-0.2, 0) is 13.1 Å². The largest absolute Gasteiger partial charge is 0.356 e. The maximum Gasteiger partial charge on any atom is 0.191 e. The monoisotopic (exact) mass is 382 g/mol. The van der Waals surface area contributed by atoms with Crippen LogP contribution in [0.3, 0.4) is 0 Å². The zero-order valence-electron chi connectivity index (χ0n) is 17.1. The van der Waals surface area contributed by atoms with Crippen molar-refractivity contribution in [1.29, 1.82) is 0 Å². The molecule has 2 heterocycles. The lowest BCUT2D eigenvalue weighted by atomic mass is 10.2. The number of nitrogens with zero attached hydrogens (tertiary/aromatic N) is 4. The van der Waals surface area contributed by atoms with Crippen LogP contribution in [0.15, 0.2) is 59.9 Å². The first kappa shape index (κ1) is 20.4. The molecule has 0 saturated carbocycles. The highest BCUT2D eigenvalue weighted by atomic mass is 15.3. The summed E-state index contributed by atoms with van der Waals surface area (Å²) in [6.07, 6.45) is 5.30. The average molecular weight is 383 g/mol. The van der Waals surface area contributed by atoms with Gasteiger partial charge in [-0.3, -0.25) is 9.89 Å². The van der Waals surface area contributed by atoms with Gasteiger partial charge < -0.3 is 20.1 Å². The van der Waals surface area contributed by atoms with E-state index in [0.717, 1.165) is 71.3 Å². The SMILES string of the molecule is CN=C(NCCCN1CCN(Cc2ccccc2)CC1)NCCn1cccc1. The van der Waals surface area contributed by atoms with Crippen LogP contribution in [0, 0.1) is 0 Å². The lowest BCUT2D eigenvalue weighted by Gasteiger charge is -2.34. The van der Waals surface area contributed by atoms with E-state index in [1.54, 1.807) is 0 Å². The summed E-state index contributed by atoms with van der Waals surface area (Å²) in [5.41, 5.74) is 1.41. The second kappa shape index (κ2) is 11.5. The lowest BCUT2D eigenvalue weighted by Crippen LogP contribution is -2.46. The Kier molecular flexibility index (Phi) is 8.40. The minimum absolute atomic E-state index is 0.873. The van der Waals surface area contributed by atoms with Crippen molar-refractivity contribution in [2.24, 2.45) is 4.99 Å². The fourth-order valence-electron chi connectivity index (χ4n) is 3.57. The number of nitrogens with one attached hydrogen (secondary N) is 2. The first-order chi connectivity index (χ1) is 13.8. The average Bonchev–Trinajstić information content (AvgIpc) is 3.25. The van der Waals surface area contributed by atoms with Crippen LogP contribution in [0.25, 0.3) is 0 Å². The van der Waals surface area contributed by atoms with E-state index in [2.05, 4.69) is 84.9 Å². The van der Waals surface area contributed by atoms with E-state index in [-0.39, 0.29) is 0 Å². The molecule has 1 aromatic heterocycles. The Morgan fingerprint density at radius 2 is 1.54 bits per heavy atom. The molecule has 1 aliphatic heterocycles. The summed E-state index contributed by atoms with van der Waals surface area (Å²) in [6.45, 7) is 9.63. The molecular weight excluding hydrogens is 348 g/mol. The Balaban J connectivity index is 1.24. The Morgan fingerprint density at radius 3 is 2.25 bits per heavy atom. The van der Waals surface area contributed by atoms with E-state index < -0.39 is 0 Å². The van der Waals surface area contributed by atoms with Crippen LogP contribution >= 0.6 is 0 Å². The Hall–Kier alpha value is -2.31. The third-order valence-corrected chi connectivity index (χ3v) is 5.21. The van der Waals surface area contributed by atoms with E-state index in [9.17, 15) is 0 Å². The minimum atomic E-state index is 0.873. The summed E-state index contributed by atoms with van der Waals surface area (Å²) in [5, 5.41) is 6.80. The zero-order valence-corrected chi connectivity index (χ0v) is 17.1. The van der Waals surface area contributed by atoms with Gasteiger partial charge in [0, 0.05) is 71.8 Å². The van der Waals surface area contributed by atoms with Gasteiger partial charge in [0.05, 0.1) is 0 Å². The molecule has 1 fully saturated rings. The summed E-state index contributed by atoms with van der Waals surface area (Å²) in [5.74, 6) is 0.889. The maximum absolute atomic E-state index is 4.31. The van der Waals surface area contributed by atoms with E-state index in [1.165, 1.54) is 5.56 Å². The Morgan fingerprint density at radius 1 is 0.857 bits per heavy atom. The molecule has 152 valence electrons. The Labute approximate surface area is 169 Å². The highest BCUT2D eigenvalue weighted by Gasteiger charge is 2.16. The molecule has 0 bridgehead atoms. The molecule has 2 N–H and O–H groups in total. The number of hydrogen-bond donors (Lipinski definition) is 2. The van der Waals surface area contributed by atoms with Gasteiger partial charge in [-0.25, -0.2) is 0 Å². The van der Waals surface area contributed by atoms with E-state index in [1.807, 2.05) is 7.05 Å². The molecule has 0 radical (unpaired) electrons. The molecular formula is C22H34N6. The first-order valence-electron chi connectivity index (χ1n) is 10.4. The summed E-state index contributed by atoms with van der Waals surface area (Å²) in [4.78, 5) is 9.44. The normalized spacial score (nSPS) is 16.2.